The lowest BCUT2D eigenvalue weighted by Crippen LogP contribution is -2.42. The van der Waals surface area contributed by atoms with E-state index in [1.807, 2.05) is 18.2 Å². The highest BCUT2D eigenvalue weighted by Crippen LogP contribution is 2.28. The topological polar surface area (TPSA) is 135 Å². The number of rotatable bonds is 6. The van der Waals surface area contributed by atoms with Crippen LogP contribution in [0.5, 0.6) is 5.75 Å². The van der Waals surface area contributed by atoms with Gasteiger partial charge >= 0.3 is 0 Å². The van der Waals surface area contributed by atoms with Crippen LogP contribution in [0.3, 0.4) is 0 Å². The third-order valence-corrected chi connectivity index (χ3v) is 7.00. The van der Waals surface area contributed by atoms with Gasteiger partial charge in [0.1, 0.15) is 0 Å². The zero-order valence-corrected chi connectivity index (χ0v) is 19.4. The molecule has 1 amide bonds. The summed E-state index contributed by atoms with van der Waals surface area (Å²) in [7, 11) is 0. The average molecular weight is 473 g/mol. The van der Waals surface area contributed by atoms with Crippen LogP contribution < -0.4 is 26.7 Å². The Morgan fingerprint density at radius 3 is 2.77 bits per heavy atom. The first-order chi connectivity index (χ1) is 17.0. The summed E-state index contributed by atoms with van der Waals surface area (Å²) in [6.07, 6.45) is 3.94. The number of ether oxygens (including phenoxy) is 1. The minimum absolute atomic E-state index is 0.0215. The van der Waals surface area contributed by atoms with Crippen molar-refractivity contribution >= 4 is 22.6 Å². The second-order valence-corrected chi connectivity index (χ2v) is 9.31. The highest BCUT2D eigenvalue weighted by Gasteiger charge is 2.26. The van der Waals surface area contributed by atoms with Gasteiger partial charge in [-0.1, -0.05) is 6.07 Å². The average Bonchev–Trinajstić information content (AvgIpc) is 2.88. The zero-order chi connectivity index (χ0) is 24.4. The predicted molar refractivity (Wildman–Crippen MR) is 132 cm³/mol. The molecular weight excluding hydrogens is 444 g/mol. The van der Waals surface area contributed by atoms with Crippen molar-refractivity contribution in [2.24, 2.45) is 11.7 Å². The molecule has 5 rings (SSSR count). The Bertz CT molecular complexity index is 1350. The van der Waals surface area contributed by atoms with Crippen LogP contribution in [0, 0.1) is 17.2 Å². The van der Waals surface area contributed by atoms with Crippen LogP contribution in [0.1, 0.15) is 36.9 Å². The van der Waals surface area contributed by atoms with Crippen molar-refractivity contribution in [3.8, 4) is 11.8 Å². The number of pyridine rings is 2. The maximum absolute atomic E-state index is 12.6. The Hall–Kier alpha value is -3.74. The molecule has 0 saturated heterocycles. The molecule has 2 aliphatic rings. The molecule has 1 aliphatic carbocycles. The first-order valence-electron chi connectivity index (χ1n) is 12.0. The maximum atomic E-state index is 12.6. The van der Waals surface area contributed by atoms with Crippen molar-refractivity contribution in [1.29, 1.82) is 5.26 Å². The molecular formula is C26H28N6O3. The van der Waals surface area contributed by atoms with E-state index in [0.717, 1.165) is 42.3 Å². The van der Waals surface area contributed by atoms with Crippen molar-refractivity contribution in [2.45, 2.75) is 50.9 Å². The van der Waals surface area contributed by atoms with E-state index in [4.69, 9.17) is 10.5 Å². The summed E-state index contributed by atoms with van der Waals surface area (Å²) in [5.41, 5.74) is 8.62. The Kier molecular flexibility index (Phi) is 6.49. The van der Waals surface area contributed by atoms with E-state index in [0.29, 0.717) is 42.2 Å². The second-order valence-electron chi connectivity index (χ2n) is 9.31. The van der Waals surface area contributed by atoms with Crippen LogP contribution in [0.2, 0.25) is 0 Å². The van der Waals surface area contributed by atoms with Crippen LogP contribution in [0.25, 0.3) is 10.9 Å². The Morgan fingerprint density at radius 1 is 1.17 bits per heavy atom. The molecule has 3 aromatic rings. The highest BCUT2D eigenvalue weighted by molar-refractivity contribution is 5.94. The summed E-state index contributed by atoms with van der Waals surface area (Å²) in [6.45, 7) is 1.06. The number of nitriles is 1. The maximum Gasteiger partial charge on any atom is 0.263 e. The molecule has 35 heavy (non-hydrogen) atoms. The van der Waals surface area contributed by atoms with E-state index in [1.165, 1.54) is 0 Å². The van der Waals surface area contributed by atoms with Crippen molar-refractivity contribution in [3.05, 3.63) is 64.1 Å². The number of anilines is 1. The summed E-state index contributed by atoms with van der Waals surface area (Å²) in [6, 6.07) is 14.8. The summed E-state index contributed by atoms with van der Waals surface area (Å²) in [5, 5.41) is 16.5. The molecule has 1 aromatic carbocycles. The number of carbonyl (C=O) groups excluding carboxylic acids is 1. The number of fused-ring (bicyclic) bond motifs is 2. The van der Waals surface area contributed by atoms with Gasteiger partial charge in [0.05, 0.1) is 22.8 Å². The Labute approximate surface area is 202 Å². The molecule has 1 atom stereocenters. The van der Waals surface area contributed by atoms with Gasteiger partial charge in [0.2, 0.25) is 0 Å². The molecule has 1 saturated carbocycles. The first-order valence-corrected chi connectivity index (χ1v) is 12.0. The smallest absolute Gasteiger partial charge is 0.263 e. The number of amides is 1. The number of hydrogen-bond donors (Lipinski definition) is 3. The SMILES string of the molecule is N#Cc1ccc2ccc(=O)n(C[C@@H](N)C3CCC(NCc4ccc5c(n4)NC(=O)CO5)CC3)c2c1. The summed E-state index contributed by atoms with van der Waals surface area (Å²) in [5.74, 6) is 1.20. The third kappa shape index (κ3) is 5.04. The van der Waals surface area contributed by atoms with Gasteiger partial charge in [-0.3, -0.25) is 9.59 Å². The van der Waals surface area contributed by atoms with Crippen LogP contribution in [0.4, 0.5) is 5.82 Å². The highest BCUT2D eigenvalue weighted by atomic mass is 16.5. The largest absolute Gasteiger partial charge is 0.480 e. The third-order valence-electron chi connectivity index (χ3n) is 7.00. The molecule has 0 radical (unpaired) electrons. The fourth-order valence-corrected chi connectivity index (χ4v) is 5.01. The molecule has 4 N–H and O–H groups in total. The quantitative estimate of drug-likeness (QED) is 0.501. The van der Waals surface area contributed by atoms with Gasteiger partial charge in [-0.25, -0.2) is 4.98 Å². The molecule has 1 fully saturated rings. The number of aromatic nitrogens is 2. The number of benzene rings is 1. The molecule has 180 valence electrons. The van der Waals surface area contributed by atoms with Gasteiger partial charge in [0, 0.05) is 31.2 Å². The minimum atomic E-state index is -0.193. The van der Waals surface area contributed by atoms with E-state index < -0.39 is 0 Å². The van der Waals surface area contributed by atoms with Gasteiger partial charge < -0.3 is 25.7 Å². The molecule has 2 aromatic heterocycles. The van der Waals surface area contributed by atoms with Crippen LogP contribution in [-0.4, -0.2) is 34.1 Å². The van der Waals surface area contributed by atoms with Gasteiger partial charge in [-0.2, -0.15) is 5.26 Å². The molecule has 1 aliphatic heterocycles. The molecule has 9 nitrogen and oxygen atoms in total. The summed E-state index contributed by atoms with van der Waals surface area (Å²) < 4.78 is 7.07. The second kappa shape index (κ2) is 9.86. The monoisotopic (exact) mass is 472 g/mol. The van der Waals surface area contributed by atoms with Crippen LogP contribution >= 0.6 is 0 Å². The van der Waals surface area contributed by atoms with E-state index in [2.05, 4.69) is 21.7 Å². The molecule has 0 unspecified atom stereocenters. The summed E-state index contributed by atoms with van der Waals surface area (Å²) in [4.78, 5) is 28.6. The number of carbonyl (C=O) groups is 1. The zero-order valence-electron chi connectivity index (χ0n) is 19.4. The standard InChI is InChI=1S/C26H28N6O3/c27-12-16-1-2-18-5-10-25(34)32(22(18)11-16)14-21(28)17-3-6-19(7-4-17)29-13-20-8-9-23-26(30-20)31-24(33)15-35-23/h1-2,5,8-11,17,19,21,29H,3-4,6-7,13-15,28H2,(H,30,31,33)/t17?,19?,21-/m1/s1. The molecule has 0 bridgehead atoms. The number of hydrogen-bond acceptors (Lipinski definition) is 7. The van der Waals surface area contributed by atoms with Gasteiger partial charge in [0.25, 0.3) is 11.5 Å². The first kappa shape index (κ1) is 23.0. The number of nitrogens with two attached hydrogens (primary N) is 1. The fraction of sp³-hybridized carbons (Fsp3) is 0.385. The number of nitrogens with zero attached hydrogens (tertiary/aromatic N) is 3. The molecule has 0 spiro atoms. The van der Waals surface area contributed by atoms with Crippen molar-refractivity contribution in [3.63, 3.8) is 0 Å². The number of nitrogens with one attached hydrogen (secondary N) is 2. The molecule has 9 heteroatoms. The Morgan fingerprint density at radius 2 is 1.97 bits per heavy atom. The van der Waals surface area contributed by atoms with Gasteiger partial charge in [-0.15, -0.1) is 0 Å². The fourth-order valence-electron chi connectivity index (χ4n) is 5.01. The lowest BCUT2D eigenvalue weighted by Gasteiger charge is -2.33. The van der Waals surface area contributed by atoms with Gasteiger partial charge in [-0.05, 0) is 67.3 Å². The predicted octanol–water partition coefficient (Wildman–Crippen LogP) is 2.27. The normalized spacial score (nSPS) is 20.4. The lowest BCUT2D eigenvalue weighted by atomic mass is 9.81. The van der Waals surface area contributed by atoms with Crippen LogP contribution in [-0.2, 0) is 17.9 Å². The van der Waals surface area contributed by atoms with E-state index in [-0.39, 0.29) is 24.1 Å². The van der Waals surface area contributed by atoms with E-state index in [1.54, 1.807) is 28.8 Å². The Balaban J connectivity index is 1.17. The summed E-state index contributed by atoms with van der Waals surface area (Å²) >= 11 is 0. The minimum Gasteiger partial charge on any atom is -0.480 e. The van der Waals surface area contributed by atoms with Crippen LogP contribution in [0.15, 0.2) is 47.3 Å². The van der Waals surface area contributed by atoms with Crippen molar-refractivity contribution in [2.75, 3.05) is 11.9 Å². The van der Waals surface area contributed by atoms with Crippen molar-refractivity contribution in [1.82, 2.24) is 14.9 Å². The van der Waals surface area contributed by atoms with Crippen molar-refractivity contribution < 1.29 is 9.53 Å². The lowest BCUT2D eigenvalue weighted by molar-refractivity contribution is -0.118. The van der Waals surface area contributed by atoms with Gasteiger partial charge in [0.15, 0.2) is 18.2 Å². The van der Waals surface area contributed by atoms with E-state index >= 15 is 0 Å². The van der Waals surface area contributed by atoms with E-state index in [9.17, 15) is 14.9 Å². The molecule has 3 heterocycles.